The monoisotopic (exact) mass is 417 g/mol. The standard InChI is InChI=1S/C26H43NO3/c1-2-3-4-5-6-7-8-9-10-11-12-13-14-15-16-17-25(28)27-22-23-18-20-24(21-19-23)26(29)30/h3-4,6-7,9-10,23-24H,2,5,8,11-22H2,1H3,(H,27,28)(H,29,30). The first kappa shape index (κ1) is 26.2. The molecule has 0 aromatic rings. The predicted octanol–water partition coefficient (Wildman–Crippen LogP) is 6.58. The fraction of sp³-hybridized carbons (Fsp3) is 0.692. The van der Waals surface area contributed by atoms with Crippen molar-refractivity contribution in [1.82, 2.24) is 5.32 Å². The lowest BCUT2D eigenvalue weighted by atomic mass is 9.82. The van der Waals surface area contributed by atoms with Crippen LogP contribution < -0.4 is 5.32 Å². The van der Waals surface area contributed by atoms with Gasteiger partial charge in [0.25, 0.3) is 0 Å². The summed E-state index contributed by atoms with van der Waals surface area (Å²) in [5, 5.41) is 12.1. The van der Waals surface area contributed by atoms with E-state index in [-0.39, 0.29) is 11.8 Å². The summed E-state index contributed by atoms with van der Waals surface area (Å²) in [6, 6.07) is 0. The zero-order valence-corrected chi connectivity index (χ0v) is 19.0. The van der Waals surface area contributed by atoms with E-state index in [0.29, 0.717) is 18.9 Å². The number of amides is 1. The number of rotatable bonds is 16. The van der Waals surface area contributed by atoms with Gasteiger partial charge >= 0.3 is 5.97 Å². The lowest BCUT2D eigenvalue weighted by Crippen LogP contribution is -2.32. The number of hydrogen-bond acceptors (Lipinski definition) is 2. The minimum absolute atomic E-state index is 0.150. The molecule has 1 saturated carbocycles. The van der Waals surface area contributed by atoms with Gasteiger partial charge in [0.15, 0.2) is 0 Å². The number of carboxylic acid groups (broad SMARTS) is 1. The highest BCUT2D eigenvalue weighted by Gasteiger charge is 2.25. The van der Waals surface area contributed by atoms with Gasteiger partial charge in [0.1, 0.15) is 0 Å². The van der Waals surface area contributed by atoms with Gasteiger partial charge in [-0.1, -0.05) is 62.6 Å². The van der Waals surface area contributed by atoms with E-state index in [4.69, 9.17) is 5.11 Å². The topological polar surface area (TPSA) is 66.4 Å². The molecule has 1 amide bonds. The summed E-state index contributed by atoms with van der Waals surface area (Å²) in [6.07, 6.45) is 27.4. The molecular weight excluding hydrogens is 374 g/mol. The lowest BCUT2D eigenvalue weighted by molar-refractivity contribution is -0.143. The highest BCUT2D eigenvalue weighted by molar-refractivity contribution is 5.75. The number of aliphatic carboxylic acids is 1. The molecule has 1 aliphatic rings. The van der Waals surface area contributed by atoms with Crippen LogP contribution in [0.25, 0.3) is 0 Å². The summed E-state index contributed by atoms with van der Waals surface area (Å²) < 4.78 is 0. The van der Waals surface area contributed by atoms with Crippen molar-refractivity contribution in [1.29, 1.82) is 0 Å². The molecule has 30 heavy (non-hydrogen) atoms. The second-order valence-electron chi connectivity index (χ2n) is 8.46. The maximum Gasteiger partial charge on any atom is 0.306 e. The Morgan fingerprint density at radius 1 is 0.833 bits per heavy atom. The number of allylic oxidation sites excluding steroid dienone is 6. The van der Waals surface area contributed by atoms with E-state index in [1.54, 1.807) is 0 Å². The van der Waals surface area contributed by atoms with Crippen LogP contribution in [-0.2, 0) is 9.59 Å². The summed E-state index contributed by atoms with van der Waals surface area (Å²) in [7, 11) is 0. The van der Waals surface area contributed by atoms with Crippen molar-refractivity contribution in [2.75, 3.05) is 6.54 Å². The van der Waals surface area contributed by atoms with Gasteiger partial charge in [-0.05, 0) is 70.1 Å². The number of hydrogen-bond donors (Lipinski definition) is 2. The Morgan fingerprint density at radius 2 is 1.43 bits per heavy atom. The Labute approximate surface area is 183 Å². The molecule has 170 valence electrons. The van der Waals surface area contributed by atoms with Crippen LogP contribution >= 0.6 is 0 Å². The second kappa shape index (κ2) is 18.0. The quantitative estimate of drug-likeness (QED) is 0.220. The summed E-state index contributed by atoms with van der Waals surface area (Å²) in [6.45, 7) is 2.86. The van der Waals surface area contributed by atoms with Gasteiger partial charge < -0.3 is 10.4 Å². The second-order valence-corrected chi connectivity index (χ2v) is 8.46. The van der Waals surface area contributed by atoms with Crippen molar-refractivity contribution in [2.45, 2.75) is 96.8 Å². The average Bonchev–Trinajstić information content (AvgIpc) is 2.75. The Hall–Kier alpha value is -1.84. The van der Waals surface area contributed by atoms with E-state index < -0.39 is 5.97 Å². The summed E-state index contributed by atoms with van der Waals surface area (Å²) in [5.74, 6) is -0.249. The van der Waals surface area contributed by atoms with Crippen molar-refractivity contribution >= 4 is 11.9 Å². The normalized spacial score (nSPS) is 19.8. The molecule has 0 heterocycles. The van der Waals surface area contributed by atoms with Crippen LogP contribution in [0.2, 0.25) is 0 Å². The Morgan fingerprint density at radius 3 is 2.10 bits per heavy atom. The minimum atomic E-state index is -0.670. The Balaban J connectivity index is 1.88. The van der Waals surface area contributed by atoms with Crippen LogP contribution in [0.5, 0.6) is 0 Å². The molecule has 0 aromatic heterocycles. The van der Waals surface area contributed by atoms with Gasteiger partial charge in [-0.2, -0.15) is 0 Å². The Kier molecular flexibility index (Phi) is 15.7. The third-order valence-corrected chi connectivity index (χ3v) is 5.84. The van der Waals surface area contributed by atoms with E-state index in [0.717, 1.165) is 64.2 Å². The summed E-state index contributed by atoms with van der Waals surface area (Å²) >= 11 is 0. The van der Waals surface area contributed by atoms with Gasteiger partial charge in [-0.15, -0.1) is 0 Å². The van der Waals surface area contributed by atoms with E-state index in [9.17, 15) is 9.59 Å². The highest BCUT2D eigenvalue weighted by atomic mass is 16.4. The van der Waals surface area contributed by atoms with Crippen molar-refractivity contribution in [3.05, 3.63) is 36.5 Å². The molecule has 0 atom stereocenters. The van der Waals surface area contributed by atoms with Crippen LogP contribution in [0.4, 0.5) is 0 Å². The fourth-order valence-electron chi connectivity index (χ4n) is 3.86. The highest BCUT2D eigenvalue weighted by Crippen LogP contribution is 2.28. The maximum absolute atomic E-state index is 12.0. The summed E-state index contributed by atoms with van der Waals surface area (Å²) in [5.41, 5.74) is 0. The molecule has 0 aromatic carbocycles. The SMILES string of the molecule is CCC=CCC=CCC=CCCCCCCCC(=O)NCC1CCC(C(=O)O)CC1. The molecular formula is C26H43NO3. The molecule has 2 N–H and O–H groups in total. The average molecular weight is 418 g/mol. The van der Waals surface area contributed by atoms with Crippen molar-refractivity contribution in [2.24, 2.45) is 11.8 Å². The molecule has 4 heteroatoms. The number of unbranched alkanes of at least 4 members (excludes halogenated alkanes) is 5. The third kappa shape index (κ3) is 14.2. The van der Waals surface area contributed by atoms with E-state index >= 15 is 0 Å². The van der Waals surface area contributed by atoms with E-state index in [1.165, 1.54) is 19.3 Å². The Bertz CT molecular complexity index is 542. The van der Waals surface area contributed by atoms with E-state index in [2.05, 4.69) is 48.7 Å². The molecule has 0 bridgehead atoms. The molecule has 1 rings (SSSR count). The van der Waals surface area contributed by atoms with Crippen molar-refractivity contribution in [3.8, 4) is 0 Å². The maximum atomic E-state index is 12.0. The van der Waals surface area contributed by atoms with Gasteiger partial charge in [0, 0.05) is 13.0 Å². The first-order valence-corrected chi connectivity index (χ1v) is 12.1. The first-order valence-electron chi connectivity index (χ1n) is 12.1. The van der Waals surface area contributed by atoms with Crippen LogP contribution in [0, 0.1) is 11.8 Å². The van der Waals surface area contributed by atoms with Crippen LogP contribution in [0.1, 0.15) is 96.8 Å². The van der Waals surface area contributed by atoms with Gasteiger partial charge in [-0.3, -0.25) is 9.59 Å². The van der Waals surface area contributed by atoms with Crippen molar-refractivity contribution in [3.63, 3.8) is 0 Å². The molecule has 1 aliphatic carbocycles. The van der Waals surface area contributed by atoms with Gasteiger partial charge in [0.2, 0.25) is 5.91 Å². The smallest absolute Gasteiger partial charge is 0.306 e. The first-order chi connectivity index (χ1) is 14.6. The van der Waals surface area contributed by atoms with Gasteiger partial charge in [-0.25, -0.2) is 0 Å². The van der Waals surface area contributed by atoms with Crippen LogP contribution in [0.15, 0.2) is 36.5 Å². The largest absolute Gasteiger partial charge is 0.481 e. The van der Waals surface area contributed by atoms with Crippen LogP contribution in [-0.4, -0.2) is 23.5 Å². The van der Waals surface area contributed by atoms with Gasteiger partial charge in [0.05, 0.1) is 5.92 Å². The minimum Gasteiger partial charge on any atom is -0.481 e. The number of nitrogens with one attached hydrogen (secondary N) is 1. The lowest BCUT2D eigenvalue weighted by Gasteiger charge is -2.26. The molecule has 4 nitrogen and oxygen atoms in total. The van der Waals surface area contributed by atoms with E-state index in [1.807, 2.05) is 0 Å². The third-order valence-electron chi connectivity index (χ3n) is 5.84. The number of carbonyl (C=O) groups excluding carboxylic acids is 1. The number of carboxylic acids is 1. The molecule has 0 radical (unpaired) electrons. The molecule has 0 saturated heterocycles. The molecule has 0 spiro atoms. The number of carbonyl (C=O) groups is 2. The zero-order valence-electron chi connectivity index (χ0n) is 19.0. The molecule has 0 unspecified atom stereocenters. The molecule has 0 aliphatic heterocycles. The predicted molar refractivity (Wildman–Crippen MR) is 125 cm³/mol. The fourth-order valence-corrected chi connectivity index (χ4v) is 3.86. The summed E-state index contributed by atoms with van der Waals surface area (Å²) in [4.78, 5) is 22.9. The van der Waals surface area contributed by atoms with Crippen molar-refractivity contribution < 1.29 is 14.7 Å². The zero-order chi connectivity index (χ0) is 21.9. The van der Waals surface area contributed by atoms with Crippen LogP contribution in [0.3, 0.4) is 0 Å². The molecule has 1 fully saturated rings.